The van der Waals surface area contributed by atoms with Gasteiger partial charge in [-0.15, -0.1) is 0 Å². The minimum Gasteiger partial charge on any atom is -0.312 e. The molecular weight excluding hydrogens is 256 g/mol. The van der Waals surface area contributed by atoms with E-state index in [-0.39, 0.29) is 5.41 Å². The molecule has 21 heavy (non-hydrogen) atoms. The Bertz CT molecular complexity index is 401. The lowest BCUT2D eigenvalue weighted by molar-refractivity contribution is 0.200. The van der Waals surface area contributed by atoms with Gasteiger partial charge < -0.3 is 5.32 Å². The average molecular weight is 290 g/mol. The highest BCUT2D eigenvalue weighted by atomic mass is 15.2. The monoisotopic (exact) mass is 290 g/mol. The Labute approximate surface area is 131 Å². The second-order valence-electron chi connectivity index (χ2n) is 7.30. The summed E-state index contributed by atoms with van der Waals surface area (Å²) >= 11 is 0. The van der Waals surface area contributed by atoms with Crippen molar-refractivity contribution in [2.45, 2.75) is 65.5 Å². The average Bonchev–Trinajstić information content (AvgIpc) is 2.42. The minimum absolute atomic E-state index is 0.222. The maximum absolute atomic E-state index is 3.48. The fraction of sp³-hybridized carbons (Fsp3) is 0.684. The summed E-state index contributed by atoms with van der Waals surface area (Å²) in [4.78, 5) is 2.55. The van der Waals surface area contributed by atoms with Crippen LogP contribution >= 0.6 is 0 Å². The Kier molecular flexibility index (Phi) is 6.89. The van der Waals surface area contributed by atoms with E-state index in [1.165, 1.54) is 17.5 Å². The quantitative estimate of drug-likeness (QED) is 0.802. The minimum atomic E-state index is 0.222. The van der Waals surface area contributed by atoms with Gasteiger partial charge in [-0.05, 0) is 50.4 Å². The van der Waals surface area contributed by atoms with Gasteiger partial charge in [0.25, 0.3) is 0 Å². The maximum atomic E-state index is 3.48. The van der Waals surface area contributed by atoms with Crippen LogP contribution in [0.4, 0.5) is 0 Å². The van der Waals surface area contributed by atoms with E-state index in [0.29, 0.717) is 12.1 Å². The van der Waals surface area contributed by atoms with E-state index in [4.69, 9.17) is 0 Å². The van der Waals surface area contributed by atoms with E-state index < -0.39 is 0 Å². The molecule has 0 amide bonds. The van der Waals surface area contributed by atoms with Gasteiger partial charge in [0.2, 0.25) is 0 Å². The molecule has 0 aliphatic rings. The lowest BCUT2D eigenvalue weighted by atomic mass is 9.86. The molecule has 1 aromatic carbocycles. The summed E-state index contributed by atoms with van der Waals surface area (Å²) in [7, 11) is 2.06. The molecule has 0 saturated heterocycles. The first-order chi connectivity index (χ1) is 9.79. The summed E-state index contributed by atoms with van der Waals surface area (Å²) in [6.45, 7) is 15.8. The zero-order chi connectivity index (χ0) is 16.0. The van der Waals surface area contributed by atoms with Crippen molar-refractivity contribution in [3.05, 3.63) is 35.4 Å². The SMILES string of the molecule is CCCN(CC(NC)c1ccc(C(C)(C)C)cc1)C(C)C. The van der Waals surface area contributed by atoms with Crippen molar-refractivity contribution >= 4 is 0 Å². The van der Waals surface area contributed by atoms with Gasteiger partial charge in [-0.25, -0.2) is 0 Å². The normalized spacial score (nSPS) is 14.0. The van der Waals surface area contributed by atoms with Crippen LogP contribution in [0.25, 0.3) is 0 Å². The molecule has 0 aliphatic carbocycles. The lowest BCUT2D eigenvalue weighted by Gasteiger charge is -2.31. The van der Waals surface area contributed by atoms with Gasteiger partial charge in [0.15, 0.2) is 0 Å². The summed E-state index contributed by atoms with van der Waals surface area (Å²) in [6, 6.07) is 10.1. The van der Waals surface area contributed by atoms with Gasteiger partial charge in [-0.1, -0.05) is 52.0 Å². The summed E-state index contributed by atoms with van der Waals surface area (Å²) in [6.07, 6.45) is 1.21. The van der Waals surface area contributed by atoms with E-state index in [1.54, 1.807) is 0 Å². The molecule has 0 aliphatic heterocycles. The zero-order valence-corrected chi connectivity index (χ0v) is 15.0. The van der Waals surface area contributed by atoms with E-state index in [1.807, 2.05) is 0 Å². The topological polar surface area (TPSA) is 15.3 Å². The summed E-state index contributed by atoms with van der Waals surface area (Å²) in [5, 5.41) is 3.48. The molecule has 2 nitrogen and oxygen atoms in total. The molecule has 0 heterocycles. The molecule has 0 fully saturated rings. The van der Waals surface area contributed by atoms with Crippen LogP contribution in [-0.2, 0) is 5.41 Å². The molecule has 0 spiro atoms. The van der Waals surface area contributed by atoms with Crippen LogP contribution in [0, 0.1) is 0 Å². The van der Waals surface area contributed by atoms with E-state index in [2.05, 4.69) is 83.1 Å². The van der Waals surface area contributed by atoms with Crippen molar-refractivity contribution in [1.82, 2.24) is 10.2 Å². The van der Waals surface area contributed by atoms with Crippen molar-refractivity contribution in [2.24, 2.45) is 0 Å². The Morgan fingerprint density at radius 3 is 2.05 bits per heavy atom. The van der Waals surface area contributed by atoms with Crippen LogP contribution in [0.5, 0.6) is 0 Å². The molecule has 0 radical (unpaired) electrons. The first-order valence-electron chi connectivity index (χ1n) is 8.31. The van der Waals surface area contributed by atoms with Gasteiger partial charge in [0, 0.05) is 18.6 Å². The van der Waals surface area contributed by atoms with Crippen molar-refractivity contribution in [3.8, 4) is 0 Å². The maximum Gasteiger partial charge on any atom is 0.0446 e. The van der Waals surface area contributed by atoms with Crippen molar-refractivity contribution < 1.29 is 0 Å². The first-order valence-corrected chi connectivity index (χ1v) is 8.31. The van der Waals surface area contributed by atoms with Crippen LogP contribution in [0.1, 0.15) is 65.1 Å². The second kappa shape index (κ2) is 7.95. The van der Waals surface area contributed by atoms with E-state index >= 15 is 0 Å². The Balaban J connectivity index is 2.84. The van der Waals surface area contributed by atoms with E-state index in [9.17, 15) is 0 Å². The highest BCUT2D eigenvalue weighted by Gasteiger charge is 2.18. The molecule has 2 heteroatoms. The molecule has 1 N–H and O–H groups in total. The number of likely N-dealkylation sites (N-methyl/N-ethyl adjacent to an activating group) is 1. The van der Waals surface area contributed by atoms with Gasteiger partial charge in [-0.3, -0.25) is 4.90 Å². The van der Waals surface area contributed by atoms with Crippen LogP contribution in [-0.4, -0.2) is 31.1 Å². The lowest BCUT2D eigenvalue weighted by Crippen LogP contribution is -2.38. The van der Waals surface area contributed by atoms with Gasteiger partial charge in [0.1, 0.15) is 0 Å². The molecule has 1 unspecified atom stereocenters. The summed E-state index contributed by atoms with van der Waals surface area (Å²) in [5.74, 6) is 0. The number of hydrogen-bond acceptors (Lipinski definition) is 2. The molecule has 120 valence electrons. The molecule has 0 bridgehead atoms. The molecule has 0 saturated carbocycles. The van der Waals surface area contributed by atoms with Crippen molar-refractivity contribution in [3.63, 3.8) is 0 Å². The van der Waals surface area contributed by atoms with Crippen LogP contribution < -0.4 is 5.32 Å². The molecular formula is C19H34N2. The third-order valence-corrected chi connectivity index (χ3v) is 4.19. The smallest absolute Gasteiger partial charge is 0.0446 e. The van der Waals surface area contributed by atoms with Gasteiger partial charge in [-0.2, -0.15) is 0 Å². The molecule has 1 aromatic rings. The standard InChI is InChI=1S/C19H34N2/c1-8-13-21(15(2)3)14-18(20-7)16-9-11-17(12-10-16)19(4,5)6/h9-12,15,18,20H,8,13-14H2,1-7H3. The highest BCUT2D eigenvalue weighted by Crippen LogP contribution is 2.24. The van der Waals surface area contributed by atoms with Gasteiger partial charge >= 0.3 is 0 Å². The number of benzene rings is 1. The number of rotatable bonds is 7. The predicted molar refractivity (Wildman–Crippen MR) is 93.9 cm³/mol. The molecule has 1 atom stereocenters. The second-order valence-corrected chi connectivity index (χ2v) is 7.30. The van der Waals surface area contributed by atoms with Crippen molar-refractivity contribution in [1.29, 1.82) is 0 Å². The third-order valence-electron chi connectivity index (χ3n) is 4.19. The Morgan fingerprint density at radius 2 is 1.67 bits per heavy atom. The predicted octanol–water partition coefficient (Wildman–Crippen LogP) is 4.37. The van der Waals surface area contributed by atoms with Crippen molar-refractivity contribution in [2.75, 3.05) is 20.1 Å². The fourth-order valence-corrected chi connectivity index (χ4v) is 2.66. The Hall–Kier alpha value is -0.860. The largest absolute Gasteiger partial charge is 0.312 e. The number of nitrogens with zero attached hydrogens (tertiary/aromatic N) is 1. The van der Waals surface area contributed by atoms with E-state index in [0.717, 1.165) is 13.1 Å². The molecule has 1 rings (SSSR count). The van der Waals surface area contributed by atoms with Crippen LogP contribution in [0.2, 0.25) is 0 Å². The number of hydrogen-bond donors (Lipinski definition) is 1. The Morgan fingerprint density at radius 1 is 1.10 bits per heavy atom. The van der Waals surface area contributed by atoms with Crippen LogP contribution in [0.3, 0.4) is 0 Å². The third kappa shape index (κ3) is 5.44. The van der Waals surface area contributed by atoms with Gasteiger partial charge in [0.05, 0.1) is 0 Å². The molecule has 0 aromatic heterocycles. The zero-order valence-electron chi connectivity index (χ0n) is 15.0. The van der Waals surface area contributed by atoms with Crippen LogP contribution in [0.15, 0.2) is 24.3 Å². The summed E-state index contributed by atoms with van der Waals surface area (Å²) < 4.78 is 0. The highest BCUT2D eigenvalue weighted by molar-refractivity contribution is 5.29. The fourth-order valence-electron chi connectivity index (χ4n) is 2.66. The first kappa shape index (κ1) is 18.2. The number of nitrogens with one attached hydrogen (secondary N) is 1. The summed E-state index contributed by atoms with van der Waals surface area (Å²) in [5.41, 5.74) is 3.00.